The molecule has 2 atom stereocenters. The summed E-state index contributed by atoms with van der Waals surface area (Å²) >= 11 is 0. The SMILES string of the molecule is CCCOc1cncc(C(NC)C2CCCOC2)c1. The number of hydrogen-bond donors (Lipinski definition) is 1. The van der Waals surface area contributed by atoms with Crippen LogP contribution in [0, 0.1) is 5.92 Å². The smallest absolute Gasteiger partial charge is 0.137 e. The molecule has 2 rings (SSSR count). The van der Waals surface area contributed by atoms with Crippen LogP contribution in [0.5, 0.6) is 5.75 Å². The lowest BCUT2D eigenvalue weighted by molar-refractivity contribution is 0.0401. The lowest BCUT2D eigenvalue weighted by Crippen LogP contribution is -2.31. The molecule has 0 radical (unpaired) electrons. The Hall–Kier alpha value is -1.13. The van der Waals surface area contributed by atoms with E-state index in [0.717, 1.165) is 38.4 Å². The van der Waals surface area contributed by atoms with Gasteiger partial charge in [-0.3, -0.25) is 4.98 Å². The summed E-state index contributed by atoms with van der Waals surface area (Å²) in [5, 5.41) is 3.40. The standard InChI is InChI=1S/C15H24N2O2/c1-3-6-19-14-8-13(9-17-10-14)15(16-2)12-5-4-7-18-11-12/h8-10,12,15-16H,3-7,11H2,1-2H3. The molecule has 4 heteroatoms. The first-order valence-corrected chi connectivity index (χ1v) is 7.18. The molecule has 4 nitrogen and oxygen atoms in total. The minimum Gasteiger partial charge on any atom is -0.492 e. The molecule has 1 aliphatic heterocycles. The summed E-state index contributed by atoms with van der Waals surface area (Å²) < 4.78 is 11.2. The molecule has 2 heterocycles. The van der Waals surface area contributed by atoms with Crippen LogP contribution in [-0.2, 0) is 4.74 Å². The Kier molecular flexibility index (Phi) is 5.61. The van der Waals surface area contributed by atoms with Crippen molar-refractivity contribution in [2.75, 3.05) is 26.9 Å². The van der Waals surface area contributed by atoms with Crippen molar-refractivity contribution in [1.82, 2.24) is 10.3 Å². The Bertz CT molecular complexity index is 378. The molecule has 1 aromatic rings. The van der Waals surface area contributed by atoms with Crippen LogP contribution in [0.4, 0.5) is 0 Å². The monoisotopic (exact) mass is 264 g/mol. The topological polar surface area (TPSA) is 43.4 Å². The summed E-state index contributed by atoms with van der Waals surface area (Å²) in [7, 11) is 2.00. The molecule has 1 aliphatic rings. The number of nitrogens with zero attached hydrogens (tertiary/aromatic N) is 1. The van der Waals surface area contributed by atoms with E-state index in [9.17, 15) is 0 Å². The van der Waals surface area contributed by atoms with Gasteiger partial charge < -0.3 is 14.8 Å². The third-order valence-electron chi connectivity index (χ3n) is 3.54. The number of nitrogens with one attached hydrogen (secondary N) is 1. The van der Waals surface area contributed by atoms with E-state index in [-0.39, 0.29) is 6.04 Å². The van der Waals surface area contributed by atoms with Crippen LogP contribution in [0.3, 0.4) is 0 Å². The molecule has 0 amide bonds. The molecular formula is C15H24N2O2. The van der Waals surface area contributed by atoms with Crippen molar-refractivity contribution in [3.05, 3.63) is 24.0 Å². The molecule has 1 N–H and O–H groups in total. The van der Waals surface area contributed by atoms with Crippen molar-refractivity contribution >= 4 is 0 Å². The van der Waals surface area contributed by atoms with Crippen molar-refractivity contribution in [1.29, 1.82) is 0 Å². The van der Waals surface area contributed by atoms with E-state index in [1.54, 1.807) is 6.20 Å². The number of ether oxygens (including phenoxy) is 2. The van der Waals surface area contributed by atoms with E-state index >= 15 is 0 Å². The Morgan fingerprint density at radius 3 is 3.11 bits per heavy atom. The van der Waals surface area contributed by atoms with Crippen molar-refractivity contribution in [2.24, 2.45) is 5.92 Å². The van der Waals surface area contributed by atoms with Crippen molar-refractivity contribution in [3.8, 4) is 5.75 Å². The van der Waals surface area contributed by atoms with Crippen molar-refractivity contribution < 1.29 is 9.47 Å². The Balaban J connectivity index is 2.08. The maximum Gasteiger partial charge on any atom is 0.137 e. The van der Waals surface area contributed by atoms with Gasteiger partial charge in [0.05, 0.1) is 19.4 Å². The molecule has 106 valence electrons. The third-order valence-corrected chi connectivity index (χ3v) is 3.54. The van der Waals surface area contributed by atoms with Gasteiger partial charge in [0.15, 0.2) is 0 Å². The fourth-order valence-electron chi connectivity index (χ4n) is 2.61. The summed E-state index contributed by atoms with van der Waals surface area (Å²) in [4.78, 5) is 4.30. The maximum absolute atomic E-state index is 5.66. The summed E-state index contributed by atoms with van der Waals surface area (Å²) in [6.07, 6.45) is 7.06. The van der Waals surface area contributed by atoms with E-state index < -0.39 is 0 Å². The van der Waals surface area contributed by atoms with Crippen LogP contribution in [0.25, 0.3) is 0 Å². The highest BCUT2D eigenvalue weighted by molar-refractivity contribution is 5.26. The van der Waals surface area contributed by atoms with Gasteiger partial charge in [-0.2, -0.15) is 0 Å². The predicted octanol–water partition coefficient (Wildman–Crippen LogP) is 2.56. The van der Waals surface area contributed by atoms with Crippen molar-refractivity contribution in [3.63, 3.8) is 0 Å². The molecule has 1 saturated heterocycles. The van der Waals surface area contributed by atoms with Crippen LogP contribution >= 0.6 is 0 Å². The average Bonchev–Trinajstić information content (AvgIpc) is 2.47. The zero-order valence-electron chi connectivity index (χ0n) is 11.9. The highest BCUT2D eigenvalue weighted by atomic mass is 16.5. The van der Waals surface area contributed by atoms with Gasteiger partial charge in [0.1, 0.15) is 5.75 Å². The first kappa shape index (κ1) is 14.3. The van der Waals surface area contributed by atoms with Crippen LogP contribution in [0.2, 0.25) is 0 Å². The van der Waals surface area contributed by atoms with Gasteiger partial charge in [-0.15, -0.1) is 0 Å². The Morgan fingerprint density at radius 2 is 2.42 bits per heavy atom. The fraction of sp³-hybridized carbons (Fsp3) is 0.667. The highest BCUT2D eigenvalue weighted by Gasteiger charge is 2.24. The van der Waals surface area contributed by atoms with Gasteiger partial charge in [-0.1, -0.05) is 6.92 Å². The van der Waals surface area contributed by atoms with Gasteiger partial charge in [-0.25, -0.2) is 0 Å². The summed E-state index contributed by atoms with van der Waals surface area (Å²) in [6, 6.07) is 2.39. The van der Waals surface area contributed by atoms with Crippen LogP contribution in [0.15, 0.2) is 18.5 Å². The van der Waals surface area contributed by atoms with E-state index in [1.165, 1.54) is 12.0 Å². The lowest BCUT2D eigenvalue weighted by atomic mass is 9.89. The summed E-state index contributed by atoms with van der Waals surface area (Å²) in [5.41, 5.74) is 1.19. The van der Waals surface area contributed by atoms with Crippen molar-refractivity contribution in [2.45, 2.75) is 32.2 Å². The number of aromatic nitrogens is 1. The molecule has 0 bridgehead atoms. The lowest BCUT2D eigenvalue weighted by Gasteiger charge is -2.30. The second kappa shape index (κ2) is 7.46. The largest absolute Gasteiger partial charge is 0.492 e. The minimum atomic E-state index is 0.290. The highest BCUT2D eigenvalue weighted by Crippen LogP contribution is 2.29. The molecule has 1 fully saturated rings. The molecule has 2 unspecified atom stereocenters. The van der Waals surface area contributed by atoms with E-state index in [1.807, 2.05) is 13.2 Å². The van der Waals surface area contributed by atoms with E-state index in [0.29, 0.717) is 5.92 Å². The van der Waals surface area contributed by atoms with Crippen LogP contribution in [-0.4, -0.2) is 31.9 Å². The van der Waals surface area contributed by atoms with Gasteiger partial charge in [0.25, 0.3) is 0 Å². The molecule has 1 aromatic heterocycles. The second-order valence-electron chi connectivity index (χ2n) is 5.05. The van der Waals surface area contributed by atoms with Gasteiger partial charge >= 0.3 is 0 Å². The maximum atomic E-state index is 5.66. The molecular weight excluding hydrogens is 240 g/mol. The Labute approximate surface area is 115 Å². The zero-order chi connectivity index (χ0) is 13.5. The molecule has 0 aliphatic carbocycles. The number of hydrogen-bond acceptors (Lipinski definition) is 4. The van der Waals surface area contributed by atoms with Gasteiger partial charge in [0.2, 0.25) is 0 Å². The van der Waals surface area contributed by atoms with Gasteiger partial charge in [-0.05, 0) is 37.9 Å². The molecule has 0 aromatic carbocycles. The van der Waals surface area contributed by atoms with Gasteiger partial charge in [0, 0.05) is 24.8 Å². The fourth-order valence-corrected chi connectivity index (χ4v) is 2.61. The van der Waals surface area contributed by atoms with E-state index in [2.05, 4.69) is 23.3 Å². The summed E-state index contributed by atoms with van der Waals surface area (Å²) in [6.45, 7) is 4.56. The van der Waals surface area contributed by atoms with Crippen LogP contribution in [0.1, 0.15) is 37.8 Å². The quantitative estimate of drug-likeness (QED) is 0.857. The third kappa shape index (κ3) is 3.91. The first-order chi connectivity index (χ1) is 9.35. The number of rotatable bonds is 6. The molecule has 0 spiro atoms. The molecule has 19 heavy (non-hydrogen) atoms. The van der Waals surface area contributed by atoms with Crippen LogP contribution < -0.4 is 10.1 Å². The summed E-state index contributed by atoms with van der Waals surface area (Å²) in [5.74, 6) is 1.37. The Morgan fingerprint density at radius 1 is 1.53 bits per heavy atom. The number of pyridine rings is 1. The average molecular weight is 264 g/mol. The normalized spacial score (nSPS) is 21.1. The zero-order valence-corrected chi connectivity index (χ0v) is 11.9. The molecule has 0 saturated carbocycles. The predicted molar refractivity (Wildman–Crippen MR) is 75.4 cm³/mol. The minimum absolute atomic E-state index is 0.290. The van der Waals surface area contributed by atoms with E-state index in [4.69, 9.17) is 9.47 Å². The first-order valence-electron chi connectivity index (χ1n) is 7.18. The second-order valence-corrected chi connectivity index (χ2v) is 5.05.